The minimum Gasteiger partial charge on any atom is -0.365 e. The second-order valence-electron chi connectivity index (χ2n) is 4.18. The van der Waals surface area contributed by atoms with Crippen LogP contribution < -0.4 is 5.32 Å². The van der Waals surface area contributed by atoms with Crippen LogP contribution in [-0.4, -0.2) is 37.2 Å². The minimum atomic E-state index is -3.22. The molecule has 4 nitrogen and oxygen atoms in total. The van der Waals surface area contributed by atoms with Crippen molar-refractivity contribution in [3.63, 3.8) is 0 Å². The van der Waals surface area contributed by atoms with Gasteiger partial charge >= 0.3 is 0 Å². The molecule has 0 aliphatic carbocycles. The Hall–Kier alpha value is -0.750. The highest BCUT2D eigenvalue weighted by Gasteiger charge is 2.18. The molecule has 6 heteroatoms. The van der Waals surface area contributed by atoms with E-state index >= 15 is 0 Å². The summed E-state index contributed by atoms with van der Waals surface area (Å²) in [6, 6.07) is 3.57. The van der Waals surface area contributed by atoms with Crippen LogP contribution in [0.5, 0.6) is 0 Å². The second kappa shape index (κ2) is 5.27. The van der Waals surface area contributed by atoms with E-state index < -0.39 is 9.84 Å². The van der Waals surface area contributed by atoms with Crippen molar-refractivity contribution in [3.8, 4) is 0 Å². The first-order valence-electron chi connectivity index (χ1n) is 5.57. The molecule has 2 heterocycles. The van der Waals surface area contributed by atoms with Crippen LogP contribution in [0.3, 0.4) is 0 Å². The molecule has 0 aromatic carbocycles. The molecule has 1 saturated heterocycles. The molecule has 0 amide bonds. The van der Waals surface area contributed by atoms with E-state index in [1.165, 1.54) is 18.4 Å². The van der Waals surface area contributed by atoms with E-state index in [0.717, 1.165) is 12.2 Å². The standard InChI is InChI=1S/C11H16N2O2S2/c1-17(14,15)10-5-2-6-12-11(10)13-9-4-3-7-16-8-9/h2,5-6,9H,3-4,7-8H2,1H3,(H,12,13). The van der Waals surface area contributed by atoms with Crippen LogP contribution in [0.15, 0.2) is 23.2 Å². The lowest BCUT2D eigenvalue weighted by Crippen LogP contribution is -2.27. The average Bonchev–Trinajstić information content (AvgIpc) is 2.30. The number of nitrogens with one attached hydrogen (secondary N) is 1. The Morgan fingerprint density at radius 3 is 3.00 bits per heavy atom. The lowest BCUT2D eigenvalue weighted by molar-refractivity contribution is 0.601. The molecule has 0 spiro atoms. The third kappa shape index (κ3) is 3.35. The maximum absolute atomic E-state index is 11.6. The molecule has 1 N–H and O–H groups in total. The van der Waals surface area contributed by atoms with Crippen molar-refractivity contribution in [2.45, 2.75) is 23.8 Å². The van der Waals surface area contributed by atoms with E-state index in [9.17, 15) is 8.42 Å². The number of thioether (sulfide) groups is 1. The summed E-state index contributed by atoms with van der Waals surface area (Å²) >= 11 is 1.90. The fraction of sp³-hybridized carbons (Fsp3) is 0.545. The summed E-state index contributed by atoms with van der Waals surface area (Å²) < 4.78 is 23.2. The zero-order valence-corrected chi connectivity index (χ0v) is 11.4. The SMILES string of the molecule is CS(=O)(=O)c1cccnc1NC1CCCSC1. The average molecular weight is 272 g/mol. The van der Waals surface area contributed by atoms with E-state index in [1.807, 2.05) is 11.8 Å². The van der Waals surface area contributed by atoms with Gasteiger partial charge in [0.15, 0.2) is 9.84 Å². The van der Waals surface area contributed by atoms with Crippen LogP contribution in [0.2, 0.25) is 0 Å². The van der Waals surface area contributed by atoms with Gasteiger partial charge in [0.1, 0.15) is 10.7 Å². The Kier molecular flexibility index (Phi) is 3.93. The van der Waals surface area contributed by atoms with Gasteiger partial charge in [0.25, 0.3) is 0 Å². The van der Waals surface area contributed by atoms with Crippen LogP contribution in [0.4, 0.5) is 5.82 Å². The highest BCUT2D eigenvalue weighted by Crippen LogP contribution is 2.23. The summed E-state index contributed by atoms with van der Waals surface area (Å²) in [4.78, 5) is 4.43. The van der Waals surface area contributed by atoms with E-state index in [1.54, 1.807) is 18.3 Å². The van der Waals surface area contributed by atoms with Gasteiger partial charge in [0, 0.05) is 24.2 Å². The van der Waals surface area contributed by atoms with Crippen LogP contribution in [0.25, 0.3) is 0 Å². The van der Waals surface area contributed by atoms with Crippen molar-refractivity contribution in [1.82, 2.24) is 4.98 Å². The molecule has 1 aromatic heterocycles. The Morgan fingerprint density at radius 2 is 2.35 bits per heavy atom. The zero-order chi connectivity index (χ0) is 12.3. The number of hydrogen-bond acceptors (Lipinski definition) is 5. The van der Waals surface area contributed by atoms with E-state index in [0.29, 0.717) is 11.9 Å². The van der Waals surface area contributed by atoms with Crippen molar-refractivity contribution in [1.29, 1.82) is 0 Å². The van der Waals surface area contributed by atoms with Crippen LogP contribution in [0, 0.1) is 0 Å². The van der Waals surface area contributed by atoms with Crippen molar-refractivity contribution in [2.75, 3.05) is 23.1 Å². The zero-order valence-electron chi connectivity index (χ0n) is 9.72. The molecule has 1 aromatic rings. The van der Waals surface area contributed by atoms with Gasteiger partial charge in [-0.15, -0.1) is 0 Å². The first kappa shape index (κ1) is 12.7. The van der Waals surface area contributed by atoms with Crippen molar-refractivity contribution in [2.24, 2.45) is 0 Å². The summed E-state index contributed by atoms with van der Waals surface area (Å²) in [5.41, 5.74) is 0. The van der Waals surface area contributed by atoms with Crippen LogP contribution in [-0.2, 0) is 9.84 Å². The van der Waals surface area contributed by atoms with Gasteiger partial charge in [0.2, 0.25) is 0 Å². The van der Waals surface area contributed by atoms with Gasteiger partial charge in [0.05, 0.1) is 0 Å². The summed E-state index contributed by atoms with van der Waals surface area (Å²) in [7, 11) is -3.22. The Bertz CT molecular complexity index is 482. The van der Waals surface area contributed by atoms with E-state index in [4.69, 9.17) is 0 Å². The number of hydrogen-bond donors (Lipinski definition) is 1. The lowest BCUT2D eigenvalue weighted by Gasteiger charge is -2.23. The van der Waals surface area contributed by atoms with Gasteiger partial charge < -0.3 is 5.32 Å². The molecule has 1 aliphatic heterocycles. The van der Waals surface area contributed by atoms with Crippen molar-refractivity contribution >= 4 is 27.4 Å². The molecule has 0 radical (unpaired) electrons. The number of rotatable bonds is 3. The molecule has 2 rings (SSSR count). The number of pyridine rings is 1. The number of anilines is 1. The molecule has 1 atom stereocenters. The molecule has 1 fully saturated rings. The predicted molar refractivity (Wildman–Crippen MR) is 71.3 cm³/mol. The van der Waals surface area contributed by atoms with Gasteiger partial charge in [-0.05, 0) is 30.7 Å². The largest absolute Gasteiger partial charge is 0.365 e. The molecule has 94 valence electrons. The van der Waals surface area contributed by atoms with Gasteiger partial charge in [-0.1, -0.05) is 0 Å². The normalized spacial score (nSPS) is 21.1. The quantitative estimate of drug-likeness (QED) is 0.909. The van der Waals surface area contributed by atoms with E-state index in [-0.39, 0.29) is 4.90 Å². The first-order chi connectivity index (χ1) is 8.07. The second-order valence-corrected chi connectivity index (χ2v) is 7.31. The van der Waals surface area contributed by atoms with E-state index in [2.05, 4.69) is 10.3 Å². The summed E-state index contributed by atoms with van der Waals surface area (Å²) in [5, 5.41) is 3.24. The number of aromatic nitrogens is 1. The smallest absolute Gasteiger partial charge is 0.179 e. The maximum Gasteiger partial charge on any atom is 0.179 e. The summed E-state index contributed by atoms with van der Waals surface area (Å²) in [6.45, 7) is 0. The monoisotopic (exact) mass is 272 g/mol. The maximum atomic E-state index is 11.6. The fourth-order valence-electron chi connectivity index (χ4n) is 1.85. The Balaban J connectivity index is 2.20. The van der Waals surface area contributed by atoms with Crippen molar-refractivity contribution in [3.05, 3.63) is 18.3 Å². The minimum absolute atomic E-state index is 0.288. The van der Waals surface area contributed by atoms with Gasteiger partial charge in [-0.3, -0.25) is 0 Å². The Morgan fingerprint density at radius 1 is 1.53 bits per heavy atom. The molecule has 0 bridgehead atoms. The lowest BCUT2D eigenvalue weighted by atomic mass is 10.2. The first-order valence-corrected chi connectivity index (χ1v) is 8.61. The Labute approximate surface area is 106 Å². The topological polar surface area (TPSA) is 59.1 Å². The summed E-state index contributed by atoms with van der Waals surface area (Å²) in [6.07, 6.45) is 5.08. The third-order valence-electron chi connectivity index (χ3n) is 2.67. The number of sulfone groups is 1. The molecule has 1 unspecified atom stereocenters. The van der Waals surface area contributed by atoms with Crippen LogP contribution >= 0.6 is 11.8 Å². The number of nitrogens with zero attached hydrogens (tertiary/aromatic N) is 1. The van der Waals surface area contributed by atoms with Gasteiger partial charge in [-0.25, -0.2) is 13.4 Å². The predicted octanol–water partition coefficient (Wildman–Crippen LogP) is 1.79. The van der Waals surface area contributed by atoms with Gasteiger partial charge in [-0.2, -0.15) is 11.8 Å². The molecule has 0 saturated carbocycles. The molecular weight excluding hydrogens is 256 g/mol. The molecular formula is C11H16N2O2S2. The fourth-order valence-corrected chi connectivity index (χ4v) is 3.71. The summed E-state index contributed by atoms with van der Waals surface area (Å²) in [5.74, 6) is 2.70. The highest BCUT2D eigenvalue weighted by molar-refractivity contribution is 7.99. The van der Waals surface area contributed by atoms with Crippen LogP contribution in [0.1, 0.15) is 12.8 Å². The third-order valence-corrected chi connectivity index (χ3v) is 5.02. The molecule has 17 heavy (non-hydrogen) atoms. The molecule has 1 aliphatic rings. The highest BCUT2D eigenvalue weighted by atomic mass is 32.2. The van der Waals surface area contributed by atoms with Crippen molar-refractivity contribution < 1.29 is 8.42 Å².